The minimum atomic E-state index is -0.422. The quantitative estimate of drug-likeness (QED) is 0.671. The lowest BCUT2D eigenvalue weighted by molar-refractivity contribution is -0.385. The van der Waals surface area contributed by atoms with Crippen molar-refractivity contribution in [3.8, 4) is 0 Å². The van der Waals surface area contributed by atoms with Crippen LogP contribution in [0.15, 0.2) is 42.5 Å². The third-order valence-corrected chi connectivity index (χ3v) is 3.25. The predicted molar refractivity (Wildman–Crippen MR) is 76.3 cm³/mol. The van der Waals surface area contributed by atoms with Crippen molar-refractivity contribution in [3.63, 3.8) is 0 Å². The summed E-state index contributed by atoms with van der Waals surface area (Å²) >= 11 is 0. The Labute approximate surface area is 116 Å². The van der Waals surface area contributed by atoms with Crippen LogP contribution in [0, 0.1) is 22.9 Å². The Bertz CT molecular complexity index is 644. The van der Waals surface area contributed by atoms with Gasteiger partial charge in [-0.3, -0.25) is 10.1 Å². The lowest BCUT2D eigenvalue weighted by Gasteiger charge is -2.17. The van der Waals surface area contributed by atoms with Crippen LogP contribution >= 0.6 is 0 Å². The SMILES string of the molecule is Cc1c(NC(C)c2ccccc2F)cccc1[N+](=O)[O-]. The smallest absolute Gasteiger partial charge is 0.274 e. The third-order valence-electron chi connectivity index (χ3n) is 3.25. The summed E-state index contributed by atoms with van der Waals surface area (Å²) in [6.45, 7) is 3.49. The molecule has 2 rings (SSSR count). The summed E-state index contributed by atoms with van der Waals surface area (Å²) in [7, 11) is 0. The maximum absolute atomic E-state index is 13.7. The first-order valence-corrected chi connectivity index (χ1v) is 6.25. The van der Waals surface area contributed by atoms with E-state index < -0.39 is 4.92 Å². The van der Waals surface area contributed by atoms with Crippen LogP contribution in [0.25, 0.3) is 0 Å². The normalized spacial score (nSPS) is 11.9. The Morgan fingerprint density at radius 1 is 1.20 bits per heavy atom. The summed E-state index contributed by atoms with van der Waals surface area (Å²) in [6.07, 6.45) is 0. The molecule has 5 heteroatoms. The molecule has 104 valence electrons. The molecule has 1 atom stereocenters. The minimum absolute atomic E-state index is 0.0516. The molecule has 2 aromatic rings. The molecule has 0 fully saturated rings. The summed E-state index contributed by atoms with van der Waals surface area (Å²) in [6, 6.07) is 11.0. The molecule has 0 heterocycles. The van der Waals surface area contributed by atoms with E-state index >= 15 is 0 Å². The van der Waals surface area contributed by atoms with Crippen LogP contribution < -0.4 is 5.32 Å². The van der Waals surface area contributed by atoms with E-state index in [1.165, 1.54) is 12.1 Å². The van der Waals surface area contributed by atoms with E-state index in [1.807, 2.05) is 6.92 Å². The van der Waals surface area contributed by atoms with Gasteiger partial charge in [0.15, 0.2) is 0 Å². The number of anilines is 1. The zero-order valence-electron chi connectivity index (χ0n) is 11.3. The molecule has 2 aromatic carbocycles. The molecule has 1 unspecified atom stereocenters. The lowest BCUT2D eigenvalue weighted by Crippen LogP contribution is -2.10. The lowest BCUT2D eigenvalue weighted by atomic mass is 10.1. The number of nitrogens with one attached hydrogen (secondary N) is 1. The predicted octanol–water partition coefficient (Wildman–Crippen LogP) is 4.22. The molecule has 0 aliphatic heterocycles. The van der Waals surface area contributed by atoms with E-state index in [9.17, 15) is 14.5 Å². The summed E-state index contributed by atoms with van der Waals surface area (Å²) in [5.74, 6) is -0.296. The van der Waals surface area contributed by atoms with Gasteiger partial charge in [0, 0.05) is 22.9 Å². The summed E-state index contributed by atoms with van der Waals surface area (Å²) in [5.41, 5.74) is 1.75. The van der Waals surface area contributed by atoms with E-state index in [-0.39, 0.29) is 17.5 Å². The average molecular weight is 274 g/mol. The number of nitro benzene ring substituents is 1. The second-order valence-electron chi connectivity index (χ2n) is 4.59. The van der Waals surface area contributed by atoms with Crippen LogP contribution in [-0.2, 0) is 0 Å². The van der Waals surface area contributed by atoms with Crippen LogP contribution in [0.2, 0.25) is 0 Å². The van der Waals surface area contributed by atoms with Gasteiger partial charge in [0.25, 0.3) is 5.69 Å². The molecule has 20 heavy (non-hydrogen) atoms. The van der Waals surface area contributed by atoms with E-state index in [2.05, 4.69) is 5.32 Å². The van der Waals surface area contributed by atoms with Gasteiger partial charge in [-0.1, -0.05) is 24.3 Å². The van der Waals surface area contributed by atoms with Crippen molar-refractivity contribution in [2.45, 2.75) is 19.9 Å². The Morgan fingerprint density at radius 3 is 2.55 bits per heavy atom. The van der Waals surface area contributed by atoms with Crippen molar-refractivity contribution in [2.24, 2.45) is 0 Å². The fraction of sp³-hybridized carbons (Fsp3) is 0.200. The van der Waals surface area contributed by atoms with Gasteiger partial charge in [0.1, 0.15) is 5.82 Å². The van der Waals surface area contributed by atoms with Crippen LogP contribution in [0.5, 0.6) is 0 Å². The number of nitro groups is 1. The van der Waals surface area contributed by atoms with Crippen molar-refractivity contribution in [2.75, 3.05) is 5.32 Å². The van der Waals surface area contributed by atoms with Gasteiger partial charge in [-0.05, 0) is 26.0 Å². The highest BCUT2D eigenvalue weighted by Crippen LogP contribution is 2.28. The zero-order valence-corrected chi connectivity index (χ0v) is 11.3. The molecule has 0 saturated carbocycles. The molecule has 0 saturated heterocycles. The van der Waals surface area contributed by atoms with Gasteiger partial charge in [-0.15, -0.1) is 0 Å². The molecular formula is C15H15FN2O2. The summed E-state index contributed by atoms with van der Waals surface area (Å²) in [4.78, 5) is 10.5. The second-order valence-corrected chi connectivity index (χ2v) is 4.59. The molecule has 0 bridgehead atoms. The van der Waals surface area contributed by atoms with Crippen molar-refractivity contribution in [1.29, 1.82) is 0 Å². The molecule has 0 amide bonds. The van der Waals surface area contributed by atoms with E-state index in [4.69, 9.17) is 0 Å². The van der Waals surface area contributed by atoms with Crippen molar-refractivity contribution in [3.05, 3.63) is 69.5 Å². The minimum Gasteiger partial charge on any atom is -0.378 e. The van der Waals surface area contributed by atoms with Crippen LogP contribution in [0.4, 0.5) is 15.8 Å². The molecule has 0 aliphatic carbocycles. The largest absolute Gasteiger partial charge is 0.378 e. The van der Waals surface area contributed by atoms with Gasteiger partial charge < -0.3 is 5.32 Å². The highest BCUT2D eigenvalue weighted by Gasteiger charge is 2.16. The first-order valence-electron chi connectivity index (χ1n) is 6.25. The number of rotatable bonds is 4. The van der Waals surface area contributed by atoms with Crippen molar-refractivity contribution >= 4 is 11.4 Å². The van der Waals surface area contributed by atoms with Crippen LogP contribution in [-0.4, -0.2) is 4.92 Å². The first-order chi connectivity index (χ1) is 9.50. The molecule has 0 radical (unpaired) electrons. The average Bonchev–Trinajstić information content (AvgIpc) is 2.41. The molecular weight excluding hydrogens is 259 g/mol. The van der Waals surface area contributed by atoms with Gasteiger partial charge in [0.05, 0.1) is 11.0 Å². The Hall–Kier alpha value is -2.43. The monoisotopic (exact) mass is 274 g/mol. The second kappa shape index (κ2) is 5.69. The van der Waals surface area contributed by atoms with Crippen molar-refractivity contribution < 1.29 is 9.31 Å². The Balaban J connectivity index is 2.29. The van der Waals surface area contributed by atoms with Gasteiger partial charge >= 0.3 is 0 Å². The maximum atomic E-state index is 13.7. The van der Waals surface area contributed by atoms with Gasteiger partial charge in [-0.2, -0.15) is 0 Å². The number of hydrogen-bond donors (Lipinski definition) is 1. The van der Waals surface area contributed by atoms with Gasteiger partial charge in [-0.25, -0.2) is 4.39 Å². The number of halogens is 1. The molecule has 0 aromatic heterocycles. The summed E-state index contributed by atoms with van der Waals surface area (Å²) < 4.78 is 13.7. The zero-order chi connectivity index (χ0) is 14.7. The molecule has 1 N–H and O–H groups in total. The highest BCUT2D eigenvalue weighted by atomic mass is 19.1. The van der Waals surface area contributed by atoms with Crippen LogP contribution in [0.3, 0.4) is 0 Å². The van der Waals surface area contributed by atoms with Crippen molar-refractivity contribution in [1.82, 2.24) is 0 Å². The number of hydrogen-bond acceptors (Lipinski definition) is 3. The molecule has 4 nitrogen and oxygen atoms in total. The van der Waals surface area contributed by atoms with E-state index in [0.29, 0.717) is 16.8 Å². The molecule has 0 aliphatic rings. The Kier molecular flexibility index (Phi) is 3.98. The van der Waals surface area contributed by atoms with Crippen LogP contribution in [0.1, 0.15) is 24.1 Å². The fourth-order valence-electron chi connectivity index (χ4n) is 2.11. The van der Waals surface area contributed by atoms with E-state index in [0.717, 1.165) is 0 Å². The number of benzene rings is 2. The topological polar surface area (TPSA) is 55.2 Å². The van der Waals surface area contributed by atoms with Gasteiger partial charge in [0.2, 0.25) is 0 Å². The first kappa shape index (κ1) is 14.0. The molecule has 0 spiro atoms. The number of nitrogens with zero attached hydrogens (tertiary/aromatic N) is 1. The summed E-state index contributed by atoms with van der Waals surface area (Å²) in [5, 5.41) is 14.0. The maximum Gasteiger partial charge on any atom is 0.274 e. The standard InChI is InChI=1S/C15H15FN2O2/c1-10-14(8-5-9-15(10)18(19)20)17-11(2)12-6-3-4-7-13(12)16/h3-9,11,17H,1-2H3. The third kappa shape index (κ3) is 2.77. The highest BCUT2D eigenvalue weighted by molar-refractivity contribution is 5.60. The Morgan fingerprint density at radius 2 is 1.90 bits per heavy atom. The van der Waals surface area contributed by atoms with E-state index in [1.54, 1.807) is 37.3 Å². The fourth-order valence-corrected chi connectivity index (χ4v) is 2.11.